The Morgan fingerprint density at radius 1 is 1.13 bits per heavy atom. The molecule has 0 radical (unpaired) electrons. The van der Waals surface area contributed by atoms with Gasteiger partial charge in [0.15, 0.2) is 15.7 Å². The van der Waals surface area contributed by atoms with Gasteiger partial charge in [-0.3, -0.25) is 9.78 Å². The van der Waals surface area contributed by atoms with Crippen LogP contribution in [0.25, 0.3) is 16.8 Å². The van der Waals surface area contributed by atoms with Crippen molar-refractivity contribution in [3.8, 4) is 16.9 Å². The molecule has 5 rings (SSSR count). The van der Waals surface area contributed by atoms with Crippen LogP contribution in [0.15, 0.2) is 54.1 Å². The van der Waals surface area contributed by atoms with E-state index in [4.69, 9.17) is 11.6 Å². The quantitative estimate of drug-likeness (QED) is 0.289. The molecule has 8 nitrogen and oxygen atoms in total. The Balaban J connectivity index is 1.88. The van der Waals surface area contributed by atoms with E-state index in [-0.39, 0.29) is 76.0 Å². The summed E-state index contributed by atoms with van der Waals surface area (Å²) in [6, 6.07) is 6.13. The van der Waals surface area contributed by atoms with E-state index < -0.39 is 32.8 Å². The third-order valence-corrected chi connectivity index (χ3v) is 10.2. The molecule has 46 heavy (non-hydrogen) atoms. The van der Waals surface area contributed by atoms with Crippen molar-refractivity contribution in [3.63, 3.8) is 0 Å². The van der Waals surface area contributed by atoms with Crippen LogP contribution in [0.5, 0.6) is 5.75 Å². The zero-order valence-corrected chi connectivity index (χ0v) is 28.2. The number of hydrogen-bond acceptors (Lipinski definition) is 7. The highest BCUT2D eigenvalue weighted by molar-refractivity contribution is 7.94. The molecule has 244 valence electrons. The average Bonchev–Trinajstić information content (AvgIpc) is 2.97. The van der Waals surface area contributed by atoms with Crippen LogP contribution in [-0.4, -0.2) is 72.2 Å². The summed E-state index contributed by atoms with van der Waals surface area (Å²) >= 11 is 6.76. The molecule has 12 heteroatoms. The van der Waals surface area contributed by atoms with E-state index in [1.165, 1.54) is 24.3 Å². The predicted molar refractivity (Wildman–Crippen MR) is 178 cm³/mol. The van der Waals surface area contributed by atoms with Crippen molar-refractivity contribution in [1.29, 1.82) is 0 Å². The Morgan fingerprint density at radius 3 is 2.43 bits per heavy atom. The van der Waals surface area contributed by atoms with E-state index >= 15 is 8.78 Å². The summed E-state index contributed by atoms with van der Waals surface area (Å²) in [4.78, 5) is 22.3. The van der Waals surface area contributed by atoms with Crippen LogP contribution in [-0.2, 0) is 14.6 Å². The fourth-order valence-electron chi connectivity index (χ4n) is 6.50. The van der Waals surface area contributed by atoms with Gasteiger partial charge in [0, 0.05) is 48.8 Å². The smallest absolute Gasteiger partial charge is 0.246 e. The lowest BCUT2D eigenvalue weighted by molar-refractivity contribution is -0.130. The number of aromatic hydroxyl groups is 1. The van der Waals surface area contributed by atoms with Crippen LogP contribution < -0.4 is 4.90 Å². The van der Waals surface area contributed by atoms with Crippen LogP contribution in [0.3, 0.4) is 0 Å². The summed E-state index contributed by atoms with van der Waals surface area (Å²) in [5, 5.41) is 10.5. The van der Waals surface area contributed by atoms with Crippen molar-refractivity contribution in [2.45, 2.75) is 52.6 Å². The van der Waals surface area contributed by atoms with Gasteiger partial charge in [-0.25, -0.2) is 17.2 Å². The molecule has 1 N–H and O–H groups in total. The van der Waals surface area contributed by atoms with Crippen LogP contribution in [0.4, 0.5) is 20.2 Å². The Hall–Kier alpha value is -3.96. The molecule has 2 aliphatic rings. The van der Waals surface area contributed by atoms with Gasteiger partial charge in [0.2, 0.25) is 5.91 Å². The summed E-state index contributed by atoms with van der Waals surface area (Å²) in [7, 11) is -3.92. The van der Waals surface area contributed by atoms with Gasteiger partial charge in [-0.2, -0.15) is 0 Å². The second-order valence-corrected chi connectivity index (χ2v) is 14.7. The van der Waals surface area contributed by atoms with Gasteiger partial charge < -0.3 is 19.8 Å². The van der Waals surface area contributed by atoms with Crippen molar-refractivity contribution < 1.29 is 27.1 Å². The number of phenols is 1. The summed E-state index contributed by atoms with van der Waals surface area (Å²) in [5.74, 6) is -2.66. The van der Waals surface area contributed by atoms with E-state index in [9.17, 15) is 18.3 Å². The average molecular weight is 671 g/mol. The second-order valence-electron chi connectivity index (χ2n) is 12.3. The van der Waals surface area contributed by atoms with Gasteiger partial charge in [0.05, 0.1) is 44.8 Å². The SMILES string of the molecule is C=CC(=O)N1C[C@H](C)N(C2=C(S(C)(=O)=O)CN(c3c(C)ccnc3C(C)C)c3c2cc(Cl)c(-c2c(O)cccc2F)c3F)C[C@H]1C. The fourth-order valence-corrected chi connectivity index (χ4v) is 7.73. The number of amides is 1. The third-order valence-electron chi connectivity index (χ3n) is 8.67. The highest BCUT2D eigenvalue weighted by Crippen LogP contribution is 2.51. The molecule has 3 aromatic rings. The van der Waals surface area contributed by atoms with E-state index in [1.807, 2.05) is 39.5 Å². The number of hydrogen-bond donors (Lipinski definition) is 1. The van der Waals surface area contributed by atoms with Gasteiger partial charge in [-0.15, -0.1) is 0 Å². The number of benzene rings is 2. The summed E-state index contributed by atoms with van der Waals surface area (Å²) in [6.45, 7) is 13.3. The Morgan fingerprint density at radius 2 is 1.83 bits per heavy atom. The minimum Gasteiger partial charge on any atom is -0.507 e. The number of aromatic nitrogens is 1. The van der Waals surface area contributed by atoms with Crippen LogP contribution >= 0.6 is 11.6 Å². The molecule has 0 unspecified atom stereocenters. The topological polar surface area (TPSA) is 94.1 Å². The number of carbonyl (C=O) groups excluding carboxylic acids is 1. The first-order valence-electron chi connectivity index (χ1n) is 14.9. The lowest BCUT2D eigenvalue weighted by Crippen LogP contribution is -2.57. The van der Waals surface area contributed by atoms with Crippen molar-refractivity contribution in [1.82, 2.24) is 14.8 Å². The second kappa shape index (κ2) is 12.3. The van der Waals surface area contributed by atoms with Gasteiger partial charge in [0.25, 0.3) is 0 Å². The first kappa shape index (κ1) is 33.4. The molecule has 0 aliphatic carbocycles. The number of fused-ring (bicyclic) bond motifs is 1. The third kappa shape index (κ3) is 5.64. The van der Waals surface area contributed by atoms with Crippen molar-refractivity contribution >= 4 is 44.4 Å². The fraction of sp³-hybridized carbons (Fsp3) is 0.353. The summed E-state index contributed by atoms with van der Waals surface area (Å²) in [6.07, 6.45) is 4.00. The van der Waals surface area contributed by atoms with Gasteiger partial charge >= 0.3 is 0 Å². The first-order chi connectivity index (χ1) is 21.6. The minimum atomic E-state index is -3.92. The number of rotatable bonds is 6. The van der Waals surface area contributed by atoms with Crippen molar-refractivity contribution in [2.75, 3.05) is 30.8 Å². The van der Waals surface area contributed by atoms with E-state index in [1.54, 1.807) is 22.1 Å². The van der Waals surface area contributed by atoms with E-state index in [2.05, 4.69) is 11.6 Å². The van der Waals surface area contributed by atoms with Gasteiger partial charge in [-0.05, 0) is 62.6 Å². The Labute approximate surface area is 273 Å². The van der Waals surface area contributed by atoms with E-state index in [0.717, 1.165) is 17.9 Å². The van der Waals surface area contributed by atoms with Gasteiger partial charge in [0.1, 0.15) is 11.6 Å². The molecule has 2 atom stereocenters. The summed E-state index contributed by atoms with van der Waals surface area (Å²) in [5.41, 5.74) is 1.54. The maximum Gasteiger partial charge on any atom is 0.246 e. The predicted octanol–water partition coefficient (Wildman–Crippen LogP) is 6.79. The zero-order valence-electron chi connectivity index (χ0n) is 26.6. The molecule has 2 aliphatic heterocycles. The standard InChI is InChI=1S/C34H37ClF2N4O4S/c1-8-27(43)39-15-21(6)40(16-20(39)5)33-22-14-23(35)28(29-24(36)10-9-11-25(29)42)30(37)34(22)41(17-26(33)46(7,44)45)32-19(4)12-13-38-31(32)18(2)3/h8-14,18,20-21,42H,1,15-17H2,2-7H3/t20-,21+/m1/s1. The Kier molecular flexibility index (Phi) is 8.96. The number of anilines is 2. The monoisotopic (exact) mass is 670 g/mol. The number of halogens is 3. The molecule has 1 fully saturated rings. The number of aryl methyl sites for hydroxylation is 1. The van der Waals surface area contributed by atoms with Gasteiger partial charge in [-0.1, -0.05) is 38.1 Å². The molecular weight excluding hydrogens is 634 g/mol. The lowest BCUT2D eigenvalue weighted by Gasteiger charge is -2.48. The van der Waals surface area contributed by atoms with E-state index in [0.29, 0.717) is 11.4 Å². The Bertz CT molecular complexity index is 1880. The molecule has 0 spiro atoms. The highest BCUT2D eigenvalue weighted by Gasteiger charge is 2.42. The maximum atomic E-state index is 17.3. The zero-order chi connectivity index (χ0) is 33.8. The number of carbonyl (C=O) groups is 1. The number of nitrogens with zero attached hydrogens (tertiary/aromatic N) is 4. The number of sulfone groups is 1. The number of pyridine rings is 1. The number of phenolic OH excluding ortho intramolecular Hbond substituents is 1. The van der Waals surface area contributed by atoms with Crippen molar-refractivity contribution in [3.05, 3.63) is 87.6 Å². The summed E-state index contributed by atoms with van der Waals surface area (Å²) < 4.78 is 59.9. The van der Waals surface area contributed by atoms with Crippen LogP contribution in [0, 0.1) is 18.6 Å². The molecule has 0 bridgehead atoms. The molecule has 1 amide bonds. The highest BCUT2D eigenvalue weighted by atomic mass is 35.5. The maximum absolute atomic E-state index is 17.3. The molecule has 1 saturated heterocycles. The first-order valence-corrected chi connectivity index (χ1v) is 17.2. The molecule has 0 saturated carbocycles. The minimum absolute atomic E-state index is 0.0214. The van der Waals surface area contributed by atoms with Crippen LogP contribution in [0.2, 0.25) is 5.02 Å². The lowest BCUT2D eigenvalue weighted by atomic mass is 9.92. The van der Waals surface area contributed by atoms with Crippen molar-refractivity contribution in [2.24, 2.45) is 0 Å². The number of piperazine rings is 1. The largest absolute Gasteiger partial charge is 0.507 e. The van der Waals surface area contributed by atoms with Crippen LogP contribution in [0.1, 0.15) is 50.4 Å². The molecule has 1 aromatic heterocycles. The molecule has 3 heterocycles. The molecule has 2 aromatic carbocycles. The molecular formula is C34H37ClF2N4O4S. The normalized spacial score (nSPS) is 18.7.